The Morgan fingerprint density at radius 1 is 0.792 bits per heavy atom. The van der Waals surface area contributed by atoms with Gasteiger partial charge < -0.3 is 0 Å². The molecule has 4 rings (SSSR count). The van der Waals surface area contributed by atoms with Crippen molar-refractivity contribution in [2.24, 2.45) is 0 Å². The molecule has 1 aromatic heterocycles. The van der Waals surface area contributed by atoms with Crippen molar-refractivity contribution in [2.45, 2.75) is 51.5 Å². The average Bonchev–Trinajstić information content (AvgIpc) is 2.65. The molecule has 0 bridgehead atoms. The van der Waals surface area contributed by atoms with Gasteiger partial charge in [0.25, 0.3) is 0 Å². The second-order valence-corrected chi connectivity index (χ2v) is 7.47. The van der Waals surface area contributed by atoms with E-state index >= 15 is 0 Å². The third-order valence-corrected chi connectivity index (χ3v) is 6.71. The summed E-state index contributed by atoms with van der Waals surface area (Å²) < 4.78 is 2.62. The zero-order chi connectivity index (χ0) is 16.9. The van der Waals surface area contributed by atoms with Crippen molar-refractivity contribution >= 4 is 10.9 Å². The van der Waals surface area contributed by atoms with E-state index in [1.807, 2.05) is 0 Å². The molecule has 0 saturated carbocycles. The Morgan fingerprint density at radius 2 is 1.50 bits per heavy atom. The number of fused-ring (bicyclic) bond motifs is 5. The van der Waals surface area contributed by atoms with Gasteiger partial charge in [0.05, 0.1) is 11.0 Å². The van der Waals surface area contributed by atoms with Crippen molar-refractivity contribution in [3.05, 3.63) is 66.2 Å². The van der Waals surface area contributed by atoms with Crippen LogP contribution in [0.5, 0.6) is 0 Å². The molecule has 1 nitrogen and oxygen atoms in total. The zero-order valence-corrected chi connectivity index (χ0v) is 15.1. The molecule has 2 atom stereocenters. The average molecular weight is 316 g/mol. The van der Waals surface area contributed by atoms with Gasteiger partial charge in [0.1, 0.15) is 0 Å². The van der Waals surface area contributed by atoms with Crippen molar-refractivity contribution in [2.75, 3.05) is 0 Å². The third kappa shape index (κ3) is 1.73. The predicted molar refractivity (Wildman–Crippen MR) is 101 cm³/mol. The molecule has 2 aromatic carbocycles. The number of rotatable bonds is 2. The molecule has 122 valence electrons. The molecule has 2 heterocycles. The topological polar surface area (TPSA) is 3.88 Å². The van der Waals surface area contributed by atoms with Crippen LogP contribution in [-0.2, 0) is 11.0 Å². The minimum absolute atomic E-state index is 0.0479. The van der Waals surface area contributed by atoms with Gasteiger partial charge in [0.2, 0.25) is 11.2 Å². The summed E-state index contributed by atoms with van der Waals surface area (Å²) in [6.07, 6.45) is 2.24. The first-order chi connectivity index (χ1) is 11.6. The van der Waals surface area contributed by atoms with Crippen LogP contribution in [0.15, 0.2) is 60.7 Å². The van der Waals surface area contributed by atoms with Crippen molar-refractivity contribution < 1.29 is 4.57 Å². The van der Waals surface area contributed by atoms with Crippen LogP contribution < -0.4 is 4.57 Å². The molecule has 0 N–H and O–H groups in total. The Kier molecular flexibility index (Phi) is 3.32. The molecule has 24 heavy (non-hydrogen) atoms. The van der Waals surface area contributed by atoms with Gasteiger partial charge in [-0.1, -0.05) is 44.2 Å². The van der Waals surface area contributed by atoms with Gasteiger partial charge in [-0.15, -0.1) is 0 Å². The van der Waals surface area contributed by atoms with Gasteiger partial charge in [-0.3, -0.25) is 0 Å². The fourth-order valence-electron chi connectivity index (χ4n) is 4.79. The molecule has 0 amide bonds. The van der Waals surface area contributed by atoms with E-state index in [9.17, 15) is 0 Å². The van der Waals surface area contributed by atoms with Gasteiger partial charge in [-0.25, -0.2) is 0 Å². The number of aromatic nitrogens is 1. The summed E-state index contributed by atoms with van der Waals surface area (Å²) in [5, 5.41) is 1.32. The second-order valence-electron chi connectivity index (χ2n) is 7.47. The van der Waals surface area contributed by atoms with Gasteiger partial charge in [-0.2, -0.15) is 4.57 Å². The highest BCUT2D eigenvalue weighted by Crippen LogP contribution is 2.49. The smallest absolute Gasteiger partial charge is 0.185 e. The number of nitrogens with zero attached hydrogens (tertiary/aromatic N) is 1. The lowest BCUT2D eigenvalue weighted by Gasteiger charge is -2.46. The standard InChI is InChI=1S/C23H26N/c1-5-22(3)19-13-9-8-12-18(19)21-16-15-17-11-7-10-14-20(17)24(21)23(22,4)6-2/h7-16H,5-6H2,1-4H3/q+1. The Morgan fingerprint density at radius 3 is 2.25 bits per heavy atom. The van der Waals surface area contributed by atoms with Gasteiger partial charge >= 0.3 is 0 Å². The predicted octanol–water partition coefficient (Wildman–Crippen LogP) is 5.60. The molecular formula is C23H26N+. The van der Waals surface area contributed by atoms with Crippen molar-refractivity contribution in [3.63, 3.8) is 0 Å². The zero-order valence-electron chi connectivity index (χ0n) is 15.1. The van der Waals surface area contributed by atoms with E-state index in [1.165, 1.54) is 27.7 Å². The molecule has 0 aliphatic carbocycles. The summed E-state index contributed by atoms with van der Waals surface area (Å²) in [6.45, 7) is 9.57. The maximum absolute atomic E-state index is 2.62. The van der Waals surface area contributed by atoms with Gasteiger partial charge in [0.15, 0.2) is 5.54 Å². The molecular weight excluding hydrogens is 290 g/mol. The van der Waals surface area contributed by atoms with Crippen LogP contribution in [0.3, 0.4) is 0 Å². The fourth-order valence-corrected chi connectivity index (χ4v) is 4.79. The molecule has 0 fully saturated rings. The van der Waals surface area contributed by atoms with Crippen molar-refractivity contribution in [1.82, 2.24) is 0 Å². The Hall–Kier alpha value is -2.15. The van der Waals surface area contributed by atoms with E-state index in [1.54, 1.807) is 0 Å². The van der Waals surface area contributed by atoms with Crippen LogP contribution in [0.25, 0.3) is 22.2 Å². The number of hydrogen-bond donors (Lipinski definition) is 0. The van der Waals surface area contributed by atoms with Crippen LogP contribution in [0.4, 0.5) is 0 Å². The summed E-state index contributed by atoms with van der Waals surface area (Å²) in [6, 6.07) is 22.4. The number of benzene rings is 2. The lowest BCUT2D eigenvalue weighted by atomic mass is 9.60. The quantitative estimate of drug-likeness (QED) is 0.542. The van der Waals surface area contributed by atoms with Gasteiger partial charge in [-0.05, 0) is 37.1 Å². The molecule has 3 aromatic rings. The minimum Gasteiger partial charge on any atom is -0.185 e. The molecule has 2 unspecified atom stereocenters. The molecule has 1 aliphatic heterocycles. The van der Waals surface area contributed by atoms with E-state index in [0.717, 1.165) is 12.8 Å². The highest BCUT2D eigenvalue weighted by Gasteiger charge is 2.56. The van der Waals surface area contributed by atoms with Crippen LogP contribution >= 0.6 is 0 Å². The first-order valence-electron chi connectivity index (χ1n) is 9.11. The molecule has 0 saturated heterocycles. The van der Waals surface area contributed by atoms with Crippen molar-refractivity contribution in [1.29, 1.82) is 0 Å². The highest BCUT2D eigenvalue weighted by molar-refractivity contribution is 5.79. The molecule has 1 aliphatic rings. The SMILES string of the molecule is CCC1(C)c2ccccc2-c2ccc3ccccc3[n+]2C1(C)CC. The normalized spacial score (nSPS) is 25.3. The summed E-state index contributed by atoms with van der Waals surface area (Å²) in [4.78, 5) is 0. The van der Waals surface area contributed by atoms with Gasteiger partial charge in [0, 0.05) is 30.9 Å². The lowest BCUT2D eigenvalue weighted by Crippen LogP contribution is -2.67. The largest absolute Gasteiger partial charge is 0.213 e. The van der Waals surface area contributed by atoms with E-state index in [0.29, 0.717) is 0 Å². The lowest BCUT2D eigenvalue weighted by molar-refractivity contribution is -0.742. The Bertz CT molecular complexity index is 926. The maximum atomic E-state index is 2.62. The number of para-hydroxylation sites is 1. The van der Waals surface area contributed by atoms with Crippen LogP contribution in [-0.4, -0.2) is 0 Å². The van der Waals surface area contributed by atoms with E-state index in [-0.39, 0.29) is 11.0 Å². The van der Waals surface area contributed by atoms with Crippen LogP contribution in [0.1, 0.15) is 46.1 Å². The first-order valence-corrected chi connectivity index (χ1v) is 9.11. The van der Waals surface area contributed by atoms with Crippen LogP contribution in [0, 0.1) is 0 Å². The fraction of sp³-hybridized carbons (Fsp3) is 0.348. The summed E-state index contributed by atoms with van der Waals surface area (Å²) >= 11 is 0. The summed E-state index contributed by atoms with van der Waals surface area (Å²) in [5.74, 6) is 0. The third-order valence-electron chi connectivity index (χ3n) is 6.71. The molecule has 0 spiro atoms. The highest BCUT2D eigenvalue weighted by atomic mass is 15.1. The van der Waals surface area contributed by atoms with E-state index in [4.69, 9.17) is 0 Å². The first kappa shape index (κ1) is 15.4. The van der Waals surface area contributed by atoms with Crippen molar-refractivity contribution in [3.8, 4) is 11.3 Å². The Labute approximate surface area is 145 Å². The maximum Gasteiger partial charge on any atom is 0.213 e. The molecule has 1 heteroatoms. The van der Waals surface area contributed by atoms with E-state index < -0.39 is 0 Å². The Balaban J connectivity index is 2.22. The van der Waals surface area contributed by atoms with Crippen LogP contribution in [0.2, 0.25) is 0 Å². The summed E-state index contributed by atoms with van der Waals surface area (Å²) in [7, 11) is 0. The summed E-state index contributed by atoms with van der Waals surface area (Å²) in [5.41, 5.74) is 5.73. The molecule has 0 radical (unpaired) electrons. The number of hydrogen-bond acceptors (Lipinski definition) is 0. The second kappa shape index (κ2) is 5.17. The minimum atomic E-state index is 0.0479. The number of pyridine rings is 1. The van der Waals surface area contributed by atoms with E-state index in [2.05, 4.69) is 92.9 Å². The monoisotopic (exact) mass is 316 g/mol.